The summed E-state index contributed by atoms with van der Waals surface area (Å²) in [5, 5.41) is 10.2. The van der Waals surface area contributed by atoms with Crippen LogP contribution in [0.3, 0.4) is 0 Å². The maximum absolute atomic E-state index is 10.2. The zero-order chi connectivity index (χ0) is 12.1. The van der Waals surface area contributed by atoms with Gasteiger partial charge in [0.25, 0.3) is 0 Å². The molecule has 2 fully saturated rings. The van der Waals surface area contributed by atoms with Gasteiger partial charge in [-0.25, -0.2) is 0 Å². The van der Waals surface area contributed by atoms with E-state index in [9.17, 15) is 5.11 Å². The van der Waals surface area contributed by atoms with Gasteiger partial charge in [-0.05, 0) is 51.7 Å². The van der Waals surface area contributed by atoms with Crippen molar-refractivity contribution in [2.24, 2.45) is 5.92 Å². The Balaban J connectivity index is 1.60. The quantitative estimate of drug-likeness (QED) is 0.763. The standard InChI is InChI=1S/C14H28N2O/c1-15(10-11-16-8-4-5-9-16)12-14(17)13-6-2-3-7-13/h13-14,17H,2-12H2,1H3. The minimum Gasteiger partial charge on any atom is -0.392 e. The van der Waals surface area contributed by atoms with E-state index in [1.807, 2.05) is 0 Å². The largest absolute Gasteiger partial charge is 0.392 e. The van der Waals surface area contributed by atoms with Gasteiger partial charge < -0.3 is 14.9 Å². The van der Waals surface area contributed by atoms with Crippen molar-refractivity contribution in [2.45, 2.75) is 44.6 Å². The summed E-state index contributed by atoms with van der Waals surface area (Å²) in [5.74, 6) is 0.573. The molecule has 0 aromatic heterocycles. The first-order valence-corrected chi connectivity index (χ1v) is 7.34. The second kappa shape index (κ2) is 6.72. The Morgan fingerprint density at radius 2 is 1.82 bits per heavy atom. The Bertz CT molecular complexity index is 210. The highest BCUT2D eigenvalue weighted by atomic mass is 16.3. The minimum absolute atomic E-state index is 0.0962. The van der Waals surface area contributed by atoms with Gasteiger partial charge in [0.05, 0.1) is 6.10 Å². The first-order chi connectivity index (χ1) is 8.25. The average molecular weight is 240 g/mol. The molecule has 1 heterocycles. The normalized spacial score (nSPS) is 24.9. The molecular formula is C14H28N2O. The highest BCUT2D eigenvalue weighted by Gasteiger charge is 2.24. The van der Waals surface area contributed by atoms with E-state index in [-0.39, 0.29) is 6.10 Å². The van der Waals surface area contributed by atoms with Gasteiger partial charge in [-0.2, -0.15) is 0 Å². The second-order valence-corrected chi connectivity index (χ2v) is 5.92. The van der Waals surface area contributed by atoms with Crippen LogP contribution >= 0.6 is 0 Å². The van der Waals surface area contributed by atoms with Gasteiger partial charge >= 0.3 is 0 Å². The van der Waals surface area contributed by atoms with Crippen LogP contribution in [0.2, 0.25) is 0 Å². The van der Waals surface area contributed by atoms with Crippen LogP contribution in [0.1, 0.15) is 38.5 Å². The molecule has 1 aliphatic heterocycles. The molecule has 2 aliphatic rings. The lowest BCUT2D eigenvalue weighted by molar-refractivity contribution is 0.0719. The van der Waals surface area contributed by atoms with Crippen molar-refractivity contribution in [3.8, 4) is 0 Å². The van der Waals surface area contributed by atoms with E-state index in [0.717, 1.165) is 13.1 Å². The van der Waals surface area contributed by atoms with Gasteiger partial charge in [-0.1, -0.05) is 12.8 Å². The summed E-state index contributed by atoms with van der Waals surface area (Å²) >= 11 is 0. The van der Waals surface area contributed by atoms with Crippen molar-refractivity contribution in [1.82, 2.24) is 9.80 Å². The molecule has 1 aliphatic carbocycles. The molecule has 1 unspecified atom stereocenters. The Kier molecular flexibility index (Phi) is 5.26. The third-order valence-corrected chi connectivity index (χ3v) is 4.44. The van der Waals surface area contributed by atoms with Crippen LogP contribution in [0.15, 0.2) is 0 Å². The first kappa shape index (κ1) is 13.3. The van der Waals surface area contributed by atoms with E-state index in [2.05, 4.69) is 16.8 Å². The number of hydrogen-bond donors (Lipinski definition) is 1. The molecule has 17 heavy (non-hydrogen) atoms. The molecule has 3 heteroatoms. The summed E-state index contributed by atoms with van der Waals surface area (Å²) in [5.41, 5.74) is 0. The zero-order valence-electron chi connectivity index (χ0n) is 11.3. The molecular weight excluding hydrogens is 212 g/mol. The number of aliphatic hydroxyl groups excluding tert-OH is 1. The van der Waals surface area contributed by atoms with Crippen LogP contribution < -0.4 is 0 Å². The fraction of sp³-hybridized carbons (Fsp3) is 1.00. The number of likely N-dealkylation sites (tertiary alicyclic amines) is 1. The molecule has 100 valence electrons. The highest BCUT2D eigenvalue weighted by molar-refractivity contribution is 4.77. The molecule has 0 aromatic rings. The van der Waals surface area contributed by atoms with Crippen molar-refractivity contribution < 1.29 is 5.11 Å². The third-order valence-electron chi connectivity index (χ3n) is 4.44. The molecule has 0 spiro atoms. The Labute approximate surface area is 106 Å². The summed E-state index contributed by atoms with van der Waals surface area (Å²) in [6, 6.07) is 0. The number of hydrogen-bond acceptors (Lipinski definition) is 3. The molecule has 0 radical (unpaired) electrons. The number of nitrogens with zero attached hydrogens (tertiary/aromatic N) is 2. The lowest BCUT2D eigenvalue weighted by Crippen LogP contribution is -2.38. The summed E-state index contributed by atoms with van der Waals surface area (Å²) in [7, 11) is 2.15. The molecule has 0 bridgehead atoms. The van der Waals surface area contributed by atoms with Gasteiger partial charge in [0, 0.05) is 19.6 Å². The van der Waals surface area contributed by atoms with Gasteiger partial charge in [-0.15, -0.1) is 0 Å². The monoisotopic (exact) mass is 240 g/mol. The number of rotatable bonds is 6. The maximum atomic E-state index is 10.2. The molecule has 1 saturated heterocycles. The van der Waals surface area contributed by atoms with E-state index in [0.29, 0.717) is 5.92 Å². The van der Waals surface area contributed by atoms with E-state index >= 15 is 0 Å². The predicted molar refractivity (Wildman–Crippen MR) is 71.1 cm³/mol. The van der Waals surface area contributed by atoms with E-state index in [1.54, 1.807) is 0 Å². The van der Waals surface area contributed by atoms with Crippen LogP contribution in [0.25, 0.3) is 0 Å². The Hall–Kier alpha value is -0.120. The molecule has 2 rings (SSSR count). The van der Waals surface area contributed by atoms with Crippen molar-refractivity contribution in [2.75, 3.05) is 39.8 Å². The van der Waals surface area contributed by atoms with Crippen LogP contribution in [0.5, 0.6) is 0 Å². The number of aliphatic hydroxyl groups is 1. The van der Waals surface area contributed by atoms with Crippen molar-refractivity contribution in [3.63, 3.8) is 0 Å². The second-order valence-electron chi connectivity index (χ2n) is 5.92. The zero-order valence-corrected chi connectivity index (χ0v) is 11.3. The van der Waals surface area contributed by atoms with Gasteiger partial charge in [0.15, 0.2) is 0 Å². The fourth-order valence-corrected chi connectivity index (χ4v) is 3.22. The molecule has 3 nitrogen and oxygen atoms in total. The Morgan fingerprint density at radius 3 is 2.47 bits per heavy atom. The van der Waals surface area contributed by atoms with E-state index in [1.165, 1.54) is 58.2 Å². The SMILES string of the molecule is CN(CCN1CCCC1)CC(O)C1CCCC1. The predicted octanol–water partition coefficient (Wildman–Crippen LogP) is 1.57. The van der Waals surface area contributed by atoms with Crippen LogP contribution in [0, 0.1) is 5.92 Å². The molecule has 1 atom stereocenters. The summed E-state index contributed by atoms with van der Waals surface area (Å²) < 4.78 is 0. The number of likely N-dealkylation sites (N-methyl/N-ethyl adjacent to an activating group) is 1. The first-order valence-electron chi connectivity index (χ1n) is 7.34. The fourth-order valence-electron chi connectivity index (χ4n) is 3.22. The van der Waals surface area contributed by atoms with Crippen molar-refractivity contribution in [1.29, 1.82) is 0 Å². The summed E-state index contributed by atoms with van der Waals surface area (Å²) in [4.78, 5) is 4.85. The maximum Gasteiger partial charge on any atom is 0.0695 e. The summed E-state index contributed by atoms with van der Waals surface area (Å²) in [6.45, 7) is 5.69. The van der Waals surface area contributed by atoms with E-state index < -0.39 is 0 Å². The van der Waals surface area contributed by atoms with Gasteiger partial charge in [0.1, 0.15) is 0 Å². The summed E-state index contributed by atoms with van der Waals surface area (Å²) in [6.07, 6.45) is 7.75. The van der Waals surface area contributed by atoms with Crippen molar-refractivity contribution >= 4 is 0 Å². The average Bonchev–Trinajstić information content (AvgIpc) is 2.99. The van der Waals surface area contributed by atoms with Gasteiger partial charge in [-0.3, -0.25) is 0 Å². The Morgan fingerprint density at radius 1 is 1.18 bits per heavy atom. The minimum atomic E-state index is -0.0962. The van der Waals surface area contributed by atoms with Crippen LogP contribution in [0.4, 0.5) is 0 Å². The molecule has 1 saturated carbocycles. The van der Waals surface area contributed by atoms with Crippen LogP contribution in [-0.4, -0.2) is 60.8 Å². The molecule has 1 N–H and O–H groups in total. The third kappa shape index (κ3) is 4.23. The van der Waals surface area contributed by atoms with Crippen molar-refractivity contribution in [3.05, 3.63) is 0 Å². The van der Waals surface area contributed by atoms with Gasteiger partial charge in [0.2, 0.25) is 0 Å². The topological polar surface area (TPSA) is 26.7 Å². The molecule has 0 aromatic carbocycles. The van der Waals surface area contributed by atoms with E-state index in [4.69, 9.17) is 0 Å². The molecule has 0 amide bonds. The van der Waals surface area contributed by atoms with Crippen LogP contribution in [-0.2, 0) is 0 Å². The lowest BCUT2D eigenvalue weighted by Gasteiger charge is -2.26. The smallest absolute Gasteiger partial charge is 0.0695 e. The lowest BCUT2D eigenvalue weighted by atomic mass is 10.0. The highest BCUT2D eigenvalue weighted by Crippen LogP contribution is 2.27.